The van der Waals surface area contributed by atoms with Crippen molar-refractivity contribution in [1.82, 2.24) is 4.90 Å². The van der Waals surface area contributed by atoms with Gasteiger partial charge in [0, 0.05) is 30.5 Å². The lowest BCUT2D eigenvalue weighted by atomic mass is 9.87. The van der Waals surface area contributed by atoms with Crippen LogP contribution < -0.4 is 23.7 Å². The number of nitrogens with zero attached hydrogens (tertiary/aromatic N) is 1. The maximum Gasteiger partial charge on any atom is 0.231 e. The summed E-state index contributed by atoms with van der Waals surface area (Å²) in [7, 11) is 8.90. The molecule has 0 aromatic heterocycles. The van der Waals surface area contributed by atoms with Gasteiger partial charge >= 0.3 is 0 Å². The lowest BCUT2D eigenvalue weighted by molar-refractivity contribution is -0.118. The number of hydrogen-bond donors (Lipinski definition) is 0. The van der Waals surface area contributed by atoms with Crippen LogP contribution in [0.5, 0.6) is 28.7 Å². The number of rotatable bonds is 11. The fourth-order valence-corrected chi connectivity index (χ4v) is 4.19. The Hall–Kier alpha value is -2.93. The lowest BCUT2D eigenvalue weighted by Gasteiger charge is -2.22. The summed E-state index contributed by atoms with van der Waals surface area (Å²) >= 11 is 0. The average Bonchev–Trinajstić information content (AvgIpc) is 3.24. The van der Waals surface area contributed by atoms with Gasteiger partial charge in [0.2, 0.25) is 12.5 Å². The second kappa shape index (κ2) is 10.6. The molecular formula is C25H33NO6. The molecule has 7 nitrogen and oxygen atoms in total. The maximum absolute atomic E-state index is 13.1. The number of likely N-dealkylation sites (N-methyl/N-ethyl adjacent to an activating group) is 1. The smallest absolute Gasteiger partial charge is 0.231 e. The molecule has 0 amide bonds. The van der Waals surface area contributed by atoms with E-state index in [1.54, 1.807) is 21.3 Å². The first kappa shape index (κ1) is 23.7. The van der Waals surface area contributed by atoms with E-state index in [-0.39, 0.29) is 24.9 Å². The summed E-state index contributed by atoms with van der Waals surface area (Å²) in [6, 6.07) is 7.56. The quantitative estimate of drug-likeness (QED) is 0.523. The van der Waals surface area contributed by atoms with Gasteiger partial charge in [-0.25, -0.2) is 0 Å². The highest BCUT2D eigenvalue weighted by atomic mass is 16.7. The van der Waals surface area contributed by atoms with Crippen LogP contribution in [0.2, 0.25) is 0 Å². The van der Waals surface area contributed by atoms with E-state index in [4.69, 9.17) is 23.7 Å². The van der Waals surface area contributed by atoms with E-state index in [0.29, 0.717) is 35.2 Å². The molecule has 2 aromatic carbocycles. The minimum atomic E-state index is -0.0650. The maximum atomic E-state index is 13.1. The van der Waals surface area contributed by atoms with Gasteiger partial charge in [-0.1, -0.05) is 13.0 Å². The molecule has 3 rings (SSSR count). The number of carbonyl (C=O) groups excluding carboxylic acids is 1. The first-order valence-electron chi connectivity index (χ1n) is 10.7. The second-order valence-electron chi connectivity index (χ2n) is 8.23. The third kappa shape index (κ3) is 5.10. The number of hydrogen-bond acceptors (Lipinski definition) is 7. The molecule has 2 aromatic rings. The van der Waals surface area contributed by atoms with Crippen molar-refractivity contribution in [2.24, 2.45) is 0 Å². The molecular weight excluding hydrogens is 410 g/mol. The van der Waals surface area contributed by atoms with E-state index in [9.17, 15) is 4.79 Å². The fourth-order valence-electron chi connectivity index (χ4n) is 4.19. The molecule has 0 fully saturated rings. The molecule has 174 valence electrons. The largest absolute Gasteiger partial charge is 0.496 e. The summed E-state index contributed by atoms with van der Waals surface area (Å²) in [6.07, 6.45) is 1.40. The van der Waals surface area contributed by atoms with Crippen LogP contribution in [0.4, 0.5) is 0 Å². The van der Waals surface area contributed by atoms with Gasteiger partial charge in [0.05, 0.1) is 21.3 Å². The number of ketones is 1. The van der Waals surface area contributed by atoms with E-state index in [1.165, 1.54) is 0 Å². The van der Waals surface area contributed by atoms with Crippen molar-refractivity contribution >= 4 is 5.78 Å². The SMILES string of the molecule is COc1cccc(OC)c1CC(=O)CC(C)c1c(CCN(C)C)cc2c(c1OC)OCO2. The highest BCUT2D eigenvalue weighted by molar-refractivity contribution is 5.83. The van der Waals surface area contributed by atoms with Gasteiger partial charge < -0.3 is 28.6 Å². The molecule has 0 radical (unpaired) electrons. The Bertz CT molecular complexity index is 934. The van der Waals surface area contributed by atoms with Crippen molar-refractivity contribution in [2.75, 3.05) is 48.8 Å². The van der Waals surface area contributed by atoms with Gasteiger partial charge in [0.25, 0.3) is 0 Å². The zero-order valence-electron chi connectivity index (χ0n) is 19.8. The van der Waals surface area contributed by atoms with Gasteiger partial charge in [0.15, 0.2) is 11.5 Å². The Morgan fingerprint density at radius 1 is 1.09 bits per heavy atom. The van der Waals surface area contributed by atoms with Crippen molar-refractivity contribution in [2.45, 2.75) is 32.1 Å². The number of benzene rings is 2. The fraction of sp³-hybridized carbons (Fsp3) is 0.480. The number of carbonyl (C=O) groups is 1. The highest BCUT2D eigenvalue weighted by Crippen LogP contribution is 2.48. The Balaban J connectivity index is 1.89. The minimum Gasteiger partial charge on any atom is -0.496 e. The minimum absolute atomic E-state index is 0.0650. The molecule has 0 saturated heterocycles. The standard InChI is InChI=1S/C25H33NO6/c1-16(12-18(27)14-19-20(28-4)8-7-9-21(19)29-5)23-17(10-11-26(2)3)13-22-24(25(23)30-6)32-15-31-22/h7-9,13,16H,10-12,14-15H2,1-6H3. The van der Waals surface area contributed by atoms with E-state index in [1.807, 2.05) is 38.4 Å². The van der Waals surface area contributed by atoms with Crippen molar-refractivity contribution in [3.05, 3.63) is 41.0 Å². The van der Waals surface area contributed by atoms with Gasteiger partial charge in [-0.15, -0.1) is 0 Å². The molecule has 0 bridgehead atoms. The topological polar surface area (TPSA) is 66.5 Å². The van der Waals surface area contributed by atoms with Gasteiger partial charge in [-0.3, -0.25) is 4.79 Å². The number of ether oxygens (including phenoxy) is 5. The Labute approximate surface area is 190 Å². The molecule has 1 aliphatic rings. The lowest BCUT2D eigenvalue weighted by Crippen LogP contribution is -2.17. The molecule has 0 N–H and O–H groups in total. The van der Waals surface area contributed by atoms with Crippen LogP contribution in [0.3, 0.4) is 0 Å². The first-order valence-corrected chi connectivity index (χ1v) is 10.7. The van der Waals surface area contributed by atoms with Crippen molar-refractivity contribution in [3.8, 4) is 28.7 Å². The van der Waals surface area contributed by atoms with Gasteiger partial charge in [-0.05, 0) is 50.2 Å². The number of Topliss-reactive ketones (excluding diaryl/α,β-unsaturated/α-hetero) is 1. The molecule has 1 aliphatic heterocycles. The molecule has 0 aliphatic carbocycles. The average molecular weight is 444 g/mol. The third-order valence-corrected chi connectivity index (χ3v) is 5.71. The summed E-state index contributed by atoms with van der Waals surface area (Å²) in [5, 5.41) is 0. The van der Waals surface area contributed by atoms with Crippen LogP contribution in [0, 0.1) is 0 Å². The summed E-state index contributed by atoms with van der Waals surface area (Å²) in [5.74, 6) is 3.29. The summed E-state index contributed by atoms with van der Waals surface area (Å²) < 4.78 is 28.0. The molecule has 0 spiro atoms. The van der Waals surface area contributed by atoms with Crippen molar-refractivity contribution in [3.63, 3.8) is 0 Å². The Morgan fingerprint density at radius 2 is 1.78 bits per heavy atom. The van der Waals surface area contributed by atoms with Crippen LogP contribution in [-0.2, 0) is 17.6 Å². The summed E-state index contributed by atoms with van der Waals surface area (Å²) in [4.78, 5) is 15.3. The second-order valence-corrected chi connectivity index (χ2v) is 8.23. The zero-order valence-corrected chi connectivity index (χ0v) is 19.8. The van der Waals surface area contributed by atoms with E-state index < -0.39 is 0 Å². The predicted molar refractivity (Wildman–Crippen MR) is 123 cm³/mol. The highest BCUT2D eigenvalue weighted by Gasteiger charge is 2.29. The number of fused-ring (bicyclic) bond motifs is 1. The Kier molecular flexibility index (Phi) is 7.85. The van der Waals surface area contributed by atoms with E-state index in [0.717, 1.165) is 29.7 Å². The first-order chi connectivity index (χ1) is 15.4. The summed E-state index contributed by atoms with van der Waals surface area (Å²) in [5.41, 5.74) is 2.87. The Morgan fingerprint density at radius 3 is 2.38 bits per heavy atom. The molecule has 1 atom stereocenters. The van der Waals surface area contributed by atoms with Gasteiger partial charge in [0.1, 0.15) is 17.3 Å². The molecule has 7 heteroatoms. The van der Waals surface area contributed by atoms with Crippen LogP contribution in [0.25, 0.3) is 0 Å². The normalized spacial score (nSPS) is 13.2. The van der Waals surface area contributed by atoms with Crippen molar-refractivity contribution in [1.29, 1.82) is 0 Å². The van der Waals surface area contributed by atoms with Gasteiger partial charge in [-0.2, -0.15) is 0 Å². The van der Waals surface area contributed by atoms with Crippen molar-refractivity contribution < 1.29 is 28.5 Å². The monoisotopic (exact) mass is 443 g/mol. The third-order valence-electron chi connectivity index (χ3n) is 5.71. The predicted octanol–water partition coefficient (Wildman–Crippen LogP) is 3.85. The van der Waals surface area contributed by atoms with E-state index in [2.05, 4.69) is 11.8 Å². The van der Waals surface area contributed by atoms with Crippen LogP contribution in [-0.4, -0.2) is 59.4 Å². The number of methoxy groups -OCH3 is 3. The molecule has 1 unspecified atom stereocenters. The molecule has 1 heterocycles. The van der Waals surface area contributed by atoms with Crippen LogP contribution in [0.1, 0.15) is 36.0 Å². The van der Waals surface area contributed by atoms with Crippen LogP contribution >= 0.6 is 0 Å². The molecule has 32 heavy (non-hydrogen) atoms. The molecule has 0 saturated carbocycles. The zero-order chi connectivity index (χ0) is 23.3. The van der Waals surface area contributed by atoms with E-state index >= 15 is 0 Å². The summed E-state index contributed by atoms with van der Waals surface area (Å²) in [6.45, 7) is 3.09. The van der Waals surface area contributed by atoms with Crippen LogP contribution in [0.15, 0.2) is 24.3 Å².